The molecule has 0 aliphatic rings. The maximum atomic E-state index is 13.6. The third-order valence-electron chi connectivity index (χ3n) is 5.47. The van der Waals surface area contributed by atoms with Gasteiger partial charge in [-0.05, 0) is 44.2 Å². The Kier molecular flexibility index (Phi) is 5.63. The molecule has 0 aliphatic carbocycles. The molecule has 0 saturated carbocycles. The predicted octanol–water partition coefficient (Wildman–Crippen LogP) is 5.96. The summed E-state index contributed by atoms with van der Waals surface area (Å²) in [5.41, 5.74) is 2.39. The van der Waals surface area contributed by atoms with E-state index in [4.69, 9.17) is 20.9 Å². The third kappa shape index (κ3) is 3.74. The van der Waals surface area contributed by atoms with Crippen molar-refractivity contribution in [3.05, 3.63) is 83.7 Å². The molecule has 34 heavy (non-hydrogen) atoms. The number of rotatable bonds is 6. The minimum absolute atomic E-state index is 0.140. The first kappa shape index (κ1) is 22.2. The van der Waals surface area contributed by atoms with Crippen molar-refractivity contribution in [2.24, 2.45) is 0 Å². The summed E-state index contributed by atoms with van der Waals surface area (Å²) in [7, 11) is -3.98. The van der Waals surface area contributed by atoms with Crippen molar-refractivity contribution in [2.75, 3.05) is 6.61 Å². The van der Waals surface area contributed by atoms with Crippen molar-refractivity contribution in [1.29, 1.82) is 0 Å². The number of hydrogen-bond acceptors (Lipinski definition) is 6. The van der Waals surface area contributed by atoms with Gasteiger partial charge in [-0.2, -0.15) is 17.6 Å². The van der Waals surface area contributed by atoms with Crippen molar-refractivity contribution < 1.29 is 17.7 Å². The van der Waals surface area contributed by atoms with E-state index in [0.717, 1.165) is 15.0 Å². The number of fused-ring (bicyclic) bond motifs is 1. The van der Waals surface area contributed by atoms with Crippen LogP contribution in [0, 0.1) is 6.92 Å². The Bertz CT molecular complexity index is 1610. The second-order valence-electron chi connectivity index (χ2n) is 7.59. The molecule has 0 atom stereocenters. The highest BCUT2D eigenvalue weighted by molar-refractivity contribution is 7.90. The molecule has 9 heteroatoms. The highest BCUT2D eigenvalue weighted by Crippen LogP contribution is 2.35. The fraction of sp³-hybridized carbons (Fsp3) is 0.120. The fourth-order valence-corrected chi connectivity index (χ4v) is 5.34. The summed E-state index contributed by atoms with van der Waals surface area (Å²) in [6.07, 6.45) is 1.42. The molecule has 0 bridgehead atoms. The molecule has 0 aliphatic heterocycles. The molecule has 0 amide bonds. The van der Waals surface area contributed by atoms with Gasteiger partial charge in [-0.15, -0.1) is 0 Å². The normalized spacial score (nSPS) is 11.7. The summed E-state index contributed by atoms with van der Waals surface area (Å²) < 4.78 is 39.2. The smallest absolute Gasteiger partial charge is 0.283 e. The lowest BCUT2D eigenvalue weighted by atomic mass is 10.0. The van der Waals surface area contributed by atoms with Crippen molar-refractivity contribution >= 4 is 32.4 Å². The number of nitrogens with zero attached hydrogens (tertiary/aromatic N) is 3. The van der Waals surface area contributed by atoms with E-state index in [1.807, 2.05) is 31.2 Å². The second kappa shape index (κ2) is 8.62. The van der Waals surface area contributed by atoms with Gasteiger partial charge in [0.05, 0.1) is 22.8 Å². The van der Waals surface area contributed by atoms with Gasteiger partial charge in [0.2, 0.25) is 0 Å². The predicted molar refractivity (Wildman–Crippen MR) is 131 cm³/mol. The van der Waals surface area contributed by atoms with Crippen LogP contribution in [-0.2, 0) is 10.0 Å². The van der Waals surface area contributed by atoms with E-state index in [1.165, 1.54) is 6.20 Å². The number of aryl methyl sites for hydroxylation is 1. The summed E-state index contributed by atoms with van der Waals surface area (Å²) >= 11 is 6.01. The summed E-state index contributed by atoms with van der Waals surface area (Å²) in [6.45, 7) is 4.12. The zero-order valence-electron chi connectivity index (χ0n) is 18.4. The van der Waals surface area contributed by atoms with Crippen molar-refractivity contribution in [1.82, 2.24) is 14.3 Å². The van der Waals surface area contributed by atoms with Gasteiger partial charge in [-0.1, -0.05) is 53.2 Å². The molecule has 172 valence electrons. The van der Waals surface area contributed by atoms with Gasteiger partial charge in [0.15, 0.2) is 0 Å². The average molecular weight is 494 g/mol. The number of hydrogen-bond donors (Lipinski definition) is 0. The summed E-state index contributed by atoms with van der Waals surface area (Å²) in [5, 5.41) is 10.4. The Balaban J connectivity index is 1.60. The first-order valence-corrected chi connectivity index (χ1v) is 12.4. The van der Waals surface area contributed by atoms with E-state index in [2.05, 4.69) is 10.3 Å². The summed E-state index contributed by atoms with van der Waals surface area (Å²) in [4.78, 5) is 0.140. The first-order chi connectivity index (χ1) is 16.4. The standard InChI is InChI=1S/C25H20ClN3O4S/c1-3-32-22-12-13-23(20-7-5-4-6-19(20)22)34(30,31)29-15-14-21(27-29)24-16(2)33-28-25(24)17-8-10-18(26)11-9-17/h4-15H,3H2,1-2H3. The van der Waals surface area contributed by atoms with Gasteiger partial charge in [-0.25, -0.2) is 0 Å². The van der Waals surface area contributed by atoms with Crippen LogP contribution in [0.15, 0.2) is 82.3 Å². The maximum Gasteiger partial charge on any atom is 0.283 e. The van der Waals surface area contributed by atoms with Gasteiger partial charge >= 0.3 is 0 Å². The second-order valence-corrected chi connectivity index (χ2v) is 9.79. The minimum Gasteiger partial charge on any atom is -0.493 e. The van der Waals surface area contributed by atoms with E-state index < -0.39 is 10.0 Å². The number of halogens is 1. The SMILES string of the molecule is CCOc1ccc(S(=O)(=O)n2ccc(-c3c(-c4ccc(Cl)cc4)noc3C)n2)c2ccccc12. The van der Waals surface area contributed by atoms with E-state index >= 15 is 0 Å². The molecule has 7 nitrogen and oxygen atoms in total. The highest BCUT2D eigenvalue weighted by atomic mass is 35.5. The number of benzene rings is 3. The highest BCUT2D eigenvalue weighted by Gasteiger charge is 2.25. The molecular formula is C25H20ClN3O4S. The largest absolute Gasteiger partial charge is 0.493 e. The van der Waals surface area contributed by atoms with Crippen molar-refractivity contribution in [3.8, 4) is 28.3 Å². The Morgan fingerprint density at radius 2 is 1.74 bits per heavy atom. The molecule has 5 aromatic rings. The molecule has 3 aromatic carbocycles. The molecular weight excluding hydrogens is 474 g/mol. The topological polar surface area (TPSA) is 87.2 Å². The molecule has 0 saturated heterocycles. The van der Waals surface area contributed by atoms with Crippen LogP contribution in [0.25, 0.3) is 33.3 Å². The Labute approximate surface area is 201 Å². The Hall–Kier alpha value is -3.62. The number of ether oxygens (including phenoxy) is 1. The van der Waals surface area contributed by atoms with Gasteiger partial charge < -0.3 is 9.26 Å². The van der Waals surface area contributed by atoms with Crippen LogP contribution < -0.4 is 4.74 Å². The van der Waals surface area contributed by atoms with E-state index in [-0.39, 0.29) is 4.90 Å². The lowest BCUT2D eigenvalue weighted by molar-refractivity contribution is 0.344. The van der Waals surface area contributed by atoms with Crippen LogP contribution in [-0.4, -0.2) is 29.4 Å². The molecule has 0 spiro atoms. The molecule has 2 heterocycles. The van der Waals surface area contributed by atoms with E-state index in [1.54, 1.807) is 49.4 Å². The minimum atomic E-state index is -3.98. The van der Waals surface area contributed by atoms with Gasteiger partial charge in [0.1, 0.15) is 17.2 Å². The van der Waals surface area contributed by atoms with E-state index in [9.17, 15) is 8.42 Å². The van der Waals surface area contributed by atoms with E-state index in [0.29, 0.717) is 45.5 Å². The average Bonchev–Trinajstić information content (AvgIpc) is 3.47. The molecule has 0 N–H and O–H groups in total. The van der Waals surface area contributed by atoms with Crippen LogP contribution in [0.4, 0.5) is 0 Å². The molecule has 0 unspecified atom stereocenters. The maximum absolute atomic E-state index is 13.6. The zero-order chi connectivity index (χ0) is 23.9. The molecule has 2 aromatic heterocycles. The Morgan fingerprint density at radius 3 is 2.47 bits per heavy atom. The quantitative estimate of drug-likeness (QED) is 0.290. The summed E-state index contributed by atoms with van der Waals surface area (Å²) in [6, 6.07) is 19.3. The van der Waals surface area contributed by atoms with Crippen LogP contribution in [0.3, 0.4) is 0 Å². The van der Waals surface area contributed by atoms with Crippen LogP contribution in [0.1, 0.15) is 12.7 Å². The van der Waals surface area contributed by atoms with Gasteiger partial charge in [0.25, 0.3) is 10.0 Å². The monoisotopic (exact) mass is 493 g/mol. The third-order valence-corrected chi connectivity index (χ3v) is 7.33. The lowest BCUT2D eigenvalue weighted by Crippen LogP contribution is -2.14. The van der Waals surface area contributed by atoms with Crippen LogP contribution >= 0.6 is 11.6 Å². The van der Waals surface area contributed by atoms with Crippen LogP contribution in [0.2, 0.25) is 5.02 Å². The molecule has 5 rings (SSSR count). The number of aromatic nitrogens is 3. The van der Waals surface area contributed by atoms with Crippen molar-refractivity contribution in [2.45, 2.75) is 18.7 Å². The Morgan fingerprint density at radius 1 is 1.00 bits per heavy atom. The van der Waals surface area contributed by atoms with Crippen LogP contribution in [0.5, 0.6) is 5.75 Å². The zero-order valence-corrected chi connectivity index (χ0v) is 20.0. The molecule has 0 radical (unpaired) electrons. The fourth-order valence-electron chi connectivity index (χ4n) is 3.90. The summed E-state index contributed by atoms with van der Waals surface area (Å²) in [5.74, 6) is 1.16. The first-order valence-electron chi connectivity index (χ1n) is 10.6. The van der Waals surface area contributed by atoms with Gasteiger partial charge in [0, 0.05) is 27.6 Å². The lowest BCUT2D eigenvalue weighted by Gasteiger charge is -2.12. The molecule has 0 fully saturated rings. The van der Waals surface area contributed by atoms with Gasteiger partial charge in [-0.3, -0.25) is 0 Å². The van der Waals surface area contributed by atoms with Crippen molar-refractivity contribution in [3.63, 3.8) is 0 Å².